The Morgan fingerprint density at radius 1 is 0.500 bits per heavy atom. The van der Waals surface area contributed by atoms with E-state index < -0.39 is 53.1 Å². The number of ether oxygens (including phenoxy) is 5. The van der Waals surface area contributed by atoms with E-state index in [0.717, 1.165) is 51.6 Å². The first kappa shape index (κ1) is 44.7. The number of fused-ring (bicyclic) bond motifs is 10. The van der Waals surface area contributed by atoms with Crippen molar-refractivity contribution in [1.29, 1.82) is 0 Å². The highest BCUT2D eigenvalue weighted by Crippen LogP contribution is 2.63. The van der Waals surface area contributed by atoms with Gasteiger partial charge in [-0.05, 0) is 117 Å². The lowest BCUT2D eigenvalue weighted by Crippen LogP contribution is -2.33. The average Bonchev–Trinajstić information content (AvgIpc) is 3.82. The molecule has 342 valence electrons. The van der Waals surface area contributed by atoms with Crippen LogP contribution < -0.4 is 9.47 Å². The van der Waals surface area contributed by atoms with Gasteiger partial charge >= 0.3 is 35.8 Å². The highest BCUT2D eigenvalue weighted by molar-refractivity contribution is 6.05. The third kappa shape index (κ3) is 7.89. The van der Waals surface area contributed by atoms with Crippen molar-refractivity contribution in [3.63, 3.8) is 0 Å². The van der Waals surface area contributed by atoms with Gasteiger partial charge in [-0.25, -0.2) is 19.2 Å². The molecule has 0 aliphatic heterocycles. The summed E-state index contributed by atoms with van der Waals surface area (Å²) in [6.45, 7) is -0.357. The summed E-state index contributed by atoms with van der Waals surface area (Å²) in [6.07, 6.45) is 4.15. The monoisotopic (exact) mass is 914 g/mol. The second-order valence-corrected chi connectivity index (χ2v) is 16.4. The normalized spacial score (nSPS) is 17.0. The van der Waals surface area contributed by atoms with Gasteiger partial charge in [0.25, 0.3) is 0 Å². The molecule has 3 atom stereocenters. The van der Waals surface area contributed by atoms with Gasteiger partial charge in [-0.2, -0.15) is 0 Å². The van der Waals surface area contributed by atoms with Crippen molar-refractivity contribution < 1.29 is 67.8 Å². The van der Waals surface area contributed by atoms with Crippen LogP contribution in [0.4, 0.5) is 0 Å². The summed E-state index contributed by atoms with van der Waals surface area (Å²) in [4.78, 5) is 74.5. The summed E-state index contributed by atoms with van der Waals surface area (Å²) in [5, 5.41) is 29.3. The number of carboxylic acids is 3. The fraction of sp³-hybridized carbons (Fsp3) is 0.185. The van der Waals surface area contributed by atoms with Gasteiger partial charge in [0.2, 0.25) is 0 Å². The number of hydrogen-bond acceptors (Lipinski definition) is 11. The molecule has 0 saturated carbocycles. The molecule has 6 aromatic carbocycles. The zero-order valence-electron chi connectivity index (χ0n) is 36.4. The largest absolute Gasteiger partial charge is 0.490 e. The van der Waals surface area contributed by atoms with Crippen molar-refractivity contribution in [2.24, 2.45) is 11.8 Å². The van der Waals surface area contributed by atoms with Gasteiger partial charge < -0.3 is 39.0 Å². The quantitative estimate of drug-likeness (QED) is 0.0380. The number of esters is 3. The summed E-state index contributed by atoms with van der Waals surface area (Å²) in [5.74, 6) is -6.69. The standard InChI is InChI=1S/C54H42O14/c1-64-51(61)41-19-15-30(26-42(41)50(59)60)31-14-18-39(49(57)58)43(27-31)53(63)68-25-23-66-33-17-21-37-35-9-5-7-13-45(35)54(47(37)29-33)44-12-6-4-8-34(44)36-20-16-32(28-46(36)54)65-22-24-67-52(62)40-11-3-2-10-38(40)48(55)56/h2-9,12-21,26-29,38,40H,10-11,22-25H2,1H3,(H,55,56)(H,57,58)(H,59,60). The molecule has 14 heteroatoms. The molecule has 0 fully saturated rings. The second kappa shape index (κ2) is 18.4. The predicted octanol–water partition coefficient (Wildman–Crippen LogP) is 8.70. The van der Waals surface area contributed by atoms with Crippen LogP contribution in [0.25, 0.3) is 33.4 Å². The topological polar surface area (TPSA) is 209 Å². The van der Waals surface area contributed by atoms with Gasteiger partial charge in [0.1, 0.15) is 37.9 Å². The van der Waals surface area contributed by atoms with Crippen LogP contribution in [-0.2, 0) is 29.2 Å². The third-order valence-corrected chi connectivity index (χ3v) is 12.7. The molecule has 14 nitrogen and oxygen atoms in total. The van der Waals surface area contributed by atoms with Gasteiger partial charge in [-0.15, -0.1) is 0 Å². The minimum absolute atomic E-state index is 0.0451. The summed E-state index contributed by atoms with van der Waals surface area (Å²) < 4.78 is 28.2. The minimum Gasteiger partial charge on any atom is -0.490 e. The predicted molar refractivity (Wildman–Crippen MR) is 245 cm³/mol. The van der Waals surface area contributed by atoms with E-state index in [2.05, 4.69) is 24.3 Å². The van der Waals surface area contributed by atoms with Crippen molar-refractivity contribution in [2.45, 2.75) is 18.3 Å². The minimum atomic E-state index is -1.38. The molecule has 9 rings (SSSR count). The molecule has 0 heterocycles. The number of benzene rings is 6. The molecule has 0 saturated heterocycles. The van der Waals surface area contributed by atoms with Crippen molar-refractivity contribution in [1.82, 2.24) is 0 Å². The molecule has 3 unspecified atom stereocenters. The van der Waals surface area contributed by atoms with E-state index in [1.54, 1.807) is 12.2 Å². The number of aromatic carboxylic acids is 2. The van der Waals surface area contributed by atoms with E-state index in [1.807, 2.05) is 60.7 Å². The maximum absolute atomic E-state index is 13.5. The first-order chi connectivity index (χ1) is 32.9. The van der Waals surface area contributed by atoms with Gasteiger partial charge in [-0.3, -0.25) is 9.59 Å². The fourth-order valence-electron chi connectivity index (χ4n) is 9.67. The number of carboxylic acid groups (broad SMARTS) is 3. The fourth-order valence-corrected chi connectivity index (χ4v) is 9.67. The Kier molecular flexibility index (Phi) is 12.1. The Hall–Kier alpha value is -8.52. The summed E-state index contributed by atoms with van der Waals surface area (Å²) in [6, 6.07) is 36.0. The highest BCUT2D eigenvalue weighted by atomic mass is 16.6. The van der Waals surface area contributed by atoms with Crippen LogP contribution in [0.2, 0.25) is 0 Å². The van der Waals surface area contributed by atoms with Crippen molar-refractivity contribution in [3.8, 4) is 44.9 Å². The molecule has 68 heavy (non-hydrogen) atoms. The number of carbonyl (C=O) groups is 6. The summed E-state index contributed by atoms with van der Waals surface area (Å²) in [5.41, 5.74) is 6.85. The van der Waals surface area contributed by atoms with Crippen LogP contribution in [0.15, 0.2) is 133 Å². The van der Waals surface area contributed by atoms with Crippen LogP contribution in [-0.4, -0.2) is 84.7 Å². The molecular formula is C54H42O14. The van der Waals surface area contributed by atoms with E-state index in [-0.39, 0.29) is 55.1 Å². The first-order valence-electron chi connectivity index (χ1n) is 21.7. The maximum Gasteiger partial charge on any atom is 0.339 e. The van der Waals surface area contributed by atoms with Crippen LogP contribution in [0.3, 0.4) is 0 Å². The third-order valence-electron chi connectivity index (χ3n) is 12.7. The number of rotatable bonds is 15. The van der Waals surface area contributed by atoms with Crippen molar-refractivity contribution in [3.05, 3.63) is 178 Å². The number of hydrogen-bond donors (Lipinski definition) is 3. The average molecular weight is 915 g/mol. The SMILES string of the molecule is COC(=O)c1ccc(-c2ccc(C(=O)O)c(C(=O)OCCOc3ccc4c(c3)C3(c5ccccc5-4)c4ccccc4-c4ccc(OCCOC(=O)C5CC=CCC5C(=O)O)cc43)c2)cc1C(=O)O. The Morgan fingerprint density at radius 2 is 1.00 bits per heavy atom. The molecule has 6 aromatic rings. The molecule has 3 aliphatic carbocycles. The molecule has 3 aliphatic rings. The van der Waals surface area contributed by atoms with Gasteiger partial charge in [0, 0.05) is 0 Å². The highest BCUT2D eigenvalue weighted by Gasteiger charge is 2.52. The van der Waals surface area contributed by atoms with Crippen LogP contribution >= 0.6 is 0 Å². The van der Waals surface area contributed by atoms with E-state index in [9.17, 15) is 44.1 Å². The van der Waals surface area contributed by atoms with Gasteiger partial charge in [-0.1, -0.05) is 84.9 Å². The molecule has 1 spiro atoms. The van der Waals surface area contributed by atoms with Crippen LogP contribution in [0.1, 0.15) is 76.5 Å². The molecule has 0 amide bonds. The smallest absolute Gasteiger partial charge is 0.339 e. The molecule has 3 N–H and O–H groups in total. The van der Waals surface area contributed by atoms with Crippen molar-refractivity contribution >= 4 is 35.8 Å². The van der Waals surface area contributed by atoms with Crippen LogP contribution in [0.5, 0.6) is 11.5 Å². The lowest BCUT2D eigenvalue weighted by molar-refractivity contribution is -0.158. The van der Waals surface area contributed by atoms with E-state index in [4.69, 9.17) is 23.7 Å². The van der Waals surface area contributed by atoms with E-state index in [0.29, 0.717) is 29.0 Å². The van der Waals surface area contributed by atoms with Crippen LogP contribution in [0, 0.1) is 11.8 Å². The van der Waals surface area contributed by atoms with Gasteiger partial charge in [0.15, 0.2) is 0 Å². The first-order valence-corrected chi connectivity index (χ1v) is 21.7. The summed E-state index contributed by atoms with van der Waals surface area (Å²) >= 11 is 0. The zero-order valence-corrected chi connectivity index (χ0v) is 36.4. The number of aliphatic carboxylic acids is 1. The van der Waals surface area contributed by atoms with E-state index >= 15 is 0 Å². The molecule has 0 aromatic heterocycles. The Balaban J connectivity index is 0.945. The van der Waals surface area contributed by atoms with Crippen molar-refractivity contribution in [2.75, 3.05) is 33.5 Å². The lowest BCUT2D eigenvalue weighted by Gasteiger charge is -2.30. The Labute approximate surface area is 388 Å². The number of carbonyl (C=O) groups excluding carboxylic acids is 3. The van der Waals surface area contributed by atoms with E-state index in [1.165, 1.54) is 36.4 Å². The molecule has 0 bridgehead atoms. The maximum atomic E-state index is 13.5. The lowest BCUT2D eigenvalue weighted by atomic mass is 9.70. The number of methoxy groups -OCH3 is 1. The van der Waals surface area contributed by atoms with Gasteiger partial charge in [0.05, 0.1) is 46.6 Å². The summed E-state index contributed by atoms with van der Waals surface area (Å²) in [7, 11) is 1.13. The molecular weight excluding hydrogens is 873 g/mol. The molecule has 0 radical (unpaired) electrons. The Morgan fingerprint density at radius 3 is 1.54 bits per heavy atom. The number of allylic oxidation sites excluding steroid dienone is 2. The Bertz CT molecular complexity index is 3080. The second-order valence-electron chi connectivity index (χ2n) is 16.4. The zero-order chi connectivity index (χ0) is 47.7.